The Labute approximate surface area is 135 Å². The van der Waals surface area contributed by atoms with E-state index in [1.165, 1.54) is 0 Å². The van der Waals surface area contributed by atoms with Crippen LogP contribution in [-0.4, -0.2) is 30.3 Å². The van der Waals surface area contributed by atoms with E-state index in [1.807, 2.05) is 62.5 Å². The second-order valence-corrected chi connectivity index (χ2v) is 5.39. The summed E-state index contributed by atoms with van der Waals surface area (Å²) in [4.78, 5) is 4.47. The molecule has 0 aliphatic carbocycles. The van der Waals surface area contributed by atoms with E-state index in [2.05, 4.69) is 10.3 Å². The molecule has 3 rings (SSSR count). The molecule has 1 heterocycles. The second kappa shape index (κ2) is 6.20. The van der Waals surface area contributed by atoms with E-state index in [-0.39, 0.29) is 0 Å². The summed E-state index contributed by atoms with van der Waals surface area (Å²) in [6, 6.07) is 15.8. The number of benzene rings is 2. The number of halogens is 1. The summed E-state index contributed by atoms with van der Waals surface area (Å²) in [6.07, 6.45) is 0. The number of nitrogens with zero attached hydrogens (tertiary/aromatic N) is 3. The van der Waals surface area contributed by atoms with Gasteiger partial charge < -0.3 is 5.32 Å². The van der Waals surface area contributed by atoms with Gasteiger partial charge in [-0.15, -0.1) is 0 Å². The van der Waals surface area contributed by atoms with Crippen molar-refractivity contribution in [3.63, 3.8) is 0 Å². The summed E-state index contributed by atoms with van der Waals surface area (Å²) in [6.45, 7) is 2.68. The highest BCUT2D eigenvalue weighted by Gasteiger charge is 2.20. The molecule has 1 N–H and O–H groups in total. The molecule has 112 valence electrons. The van der Waals surface area contributed by atoms with Crippen LogP contribution in [0.5, 0.6) is 0 Å². The van der Waals surface area contributed by atoms with Crippen LogP contribution in [0.3, 0.4) is 0 Å². The molecule has 22 heavy (non-hydrogen) atoms. The molecule has 0 saturated heterocycles. The third kappa shape index (κ3) is 2.83. The smallest absolute Gasteiger partial charge is 0.219 e. The van der Waals surface area contributed by atoms with Gasteiger partial charge in [0.15, 0.2) is 0 Å². The van der Waals surface area contributed by atoms with Crippen molar-refractivity contribution in [2.45, 2.75) is 6.92 Å². The van der Waals surface area contributed by atoms with Crippen LogP contribution in [0.1, 0.15) is 18.1 Å². The Bertz CT molecular complexity index is 738. The maximum atomic E-state index is 6.19. The summed E-state index contributed by atoms with van der Waals surface area (Å²) in [5.41, 5.74) is 3.82. The molecule has 5 heteroatoms. The summed E-state index contributed by atoms with van der Waals surface area (Å²) >= 11 is 6.19. The van der Waals surface area contributed by atoms with Gasteiger partial charge in [-0.1, -0.05) is 41.9 Å². The predicted octanol–water partition coefficient (Wildman–Crippen LogP) is 3.83. The molecule has 0 bridgehead atoms. The van der Waals surface area contributed by atoms with Crippen molar-refractivity contribution in [2.24, 2.45) is 10.1 Å². The Balaban J connectivity index is 2.21. The Morgan fingerprint density at radius 1 is 1.18 bits per heavy atom. The van der Waals surface area contributed by atoms with E-state index < -0.39 is 0 Å². The van der Waals surface area contributed by atoms with E-state index >= 15 is 0 Å². The van der Waals surface area contributed by atoms with Crippen LogP contribution < -0.4 is 5.32 Å². The zero-order valence-corrected chi connectivity index (χ0v) is 13.3. The van der Waals surface area contributed by atoms with Gasteiger partial charge in [0.25, 0.3) is 0 Å². The number of nitrogens with one attached hydrogen (secondary N) is 1. The van der Waals surface area contributed by atoms with Gasteiger partial charge in [0.2, 0.25) is 5.96 Å². The van der Waals surface area contributed by atoms with Crippen molar-refractivity contribution in [3.8, 4) is 0 Å². The van der Waals surface area contributed by atoms with Crippen molar-refractivity contribution < 1.29 is 0 Å². The number of guanidine groups is 1. The van der Waals surface area contributed by atoms with Gasteiger partial charge in [0, 0.05) is 29.7 Å². The van der Waals surface area contributed by atoms with Crippen LogP contribution in [-0.2, 0) is 0 Å². The normalized spacial score (nSPS) is 15.9. The van der Waals surface area contributed by atoms with E-state index in [0.29, 0.717) is 11.6 Å². The quantitative estimate of drug-likeness (QED) is 0.915. The first-order valence-electron chi connectivity index (χ1n) is 7.18. The first-order valence-corrected chi connectivity index (χ1v) is 7.56. The van der Waals surface area contributed by atoms with Crippen LogP contribution in [0, 0.1) is 0 Å². The molecular weight excluding hydrogens is 296 g/mol. The van der Waals surface area contributed by atoms with Crippen LogP contribution in [0.15, 0.2) is 58.6 Å². The fraction of sp³-hybridized carbons (Fsp3) is 0.176. The van der Waals surface area contributed by atoms with E-state index in [9.17, 15) is 0 Å². The van der Waals surface area contributed by atoms with Crippen molar-refractivity contribution in [2.75, 3.05) is 18.9 Å². The summed E-state index contributed by atoms with van der Waals surface area (Å²) in [5, 5.41) is 10.5. The summed E-state index contributed by atoms with van der Waals surface area (Å²) < 4.78 is 0. The van der Waals surface area contributed by atoms with Gasteiger partial charge in [-0.25, -0.2) is 5.01 Å². The molecule has 0 fully saturated rings. The SMILES string of the molecule is CCN=C1Nc2ccc(Cl)cc2C(c2ccccc2)=NN1C. The van der Waals surface area contributed by atoms with Gasteiger partial charge in [0.1, 0.15) is 5.71 Å². The third-order valence-electron chi connectivity index (χ3n) is 3.39. The van der Waals surface area contributed by atoms with E-state index in [1.54, 1.807) is 5.01 Å². The van der Waals surface area contributed by atoms with Gasteiger partial charge in [-0.3, -0.25) is 4.99 Å². The van der Waals surface area contributed by atoms with Crippen molar-refractivity contribution in [1.82, 2.24) is 5.01 Å². The Morgan fingerprint density at radius 3 is 2.68 bits per heavy atom. The Morgan fingerprint density at radius 2 is 1.95 bits per heavy atom. The minimum absolute atomic E-state index is 0.683. The third-order valence-corrected chi connectivity index (χ3v) is 3.63. The molecule has 0 aromatic heterocycles. The molecule has 2 aromatic carbocycles. The lowest BCUT2D eigenvalue weighted by atomic mass is 10.0. The van der Waals surface area contributed by atoms with Crippen molar-refractivity contribution in [1.29, 1.82) is 0 Å². The molecule has 1 aliphatic heterocycles. The number of hydrazone groups is 1. The number of hydrogen-bond donors (Lipinski definition) is 1. The van der Waals surface area contributed by atoms with Crippen LogP contribution in [0.4, 0.5) is 5.69 Å². The van der Waals surface area contributed by atoms with Crippen molar-refractivity contribution >= 4 is 29.0 Å². The van der Waals surface area contributed by atoms with E-state index in [0.717, 1.165) is 28.5 Å². The average Bonchev–Trinajstić information content (AvgIpc) is 2.66. The number of anilines is 1. The molecule has 4 nitrogen and oxygen atoms in total. The lowest BCUT2D eigenvalue weighted by molar-refractivity contribution is 0.542. The maximum Gasteiger partial charge on any atom is 0.219 e. The highest BCUT2D eigenvalue weighted by atomic mass is 35.5. The number of hydrogen-bond acceptors (Lipinski definition) is 2. The summed E-state index contributed by atoms with van der Waals surface area (Å²) in [5.74, 6) is 0.719. The van der Waals surface area contributed by atoms with Crippen molar-refractivity contribution in [3.05, 3.63) is 64.7 Å². The standard InChI is InChI=1S/C17H17ClN4/c1-3-19-17-20-15-10-9-13(18)11-14(15)16(21-22(17)2)12-7-5-4-6-8-12/h4-11H,3H2,1-2H3,(H,19,20). The fourth-order valence-electron chi connectivity index (χ4n) is 2.37. The van der Waals surface area contributed by atoms with Gasteiger partial charge in [-0.05, 0) is 25.1 Å². The Hall–Kier alpha value is -2.33. The lowest BCUT2D eigenvalue weighted by Crippen LogP contribution is -2.28. The lowest BCUT2D eigenvalue weighted by Gasteiger charge is -2.14. The fourth-order valence-corrected chi connectivity index (χ4v) is 2.55. The molecule has 0 atom stereocenters. The highest BCUT2D eigenvalue weighted by molar-refractivity contribution is 6.31. The van der Waals surface area contributed by atoms with Crippen LogP contribution >= 0.6 is 11.6 Å². The summed E-state index contributed by atoms with van der Waals surface area (Å²) in [7, 11) is 1.89. The number of fused-ring (bicyclic) bond motifs is 1. The highest BCUT2D eigenvalue weighted by Crippen LogP contribution is 2.26. The molecule has 0 radical (unpaired) electrons. The monoisotopic (exact) mass is 312 g/mol. The molecule has 0 unspecified atom stereocenters. The zero-order valence-electron chi connectivity index (χ0n) is 12.5. The molecule has 2 aromatic rings. The second-order valence-electron chi connectivity index (χ2n) is 4.95. The first-order chi connectivity index (χ1) is 10.7. The molecular formula is C17H17ClN4. The molecule has 0 spiro atoms. The number of aliphatic imine (C=N–C) groups is 1. The largest absolute Gasteiger partial charge is 0.324 e. The van der Waals surface area contributed by atoms with Gasteiger partial charge in [0.05, 0.1) is 5.69 Å². The maximum absolute atomic E-state index is 6.19. The number of rotatable bonds is 2. The molecule has 0 saturated carbocycles. The molecule has 1 aliphatic rings. The minimum Gasteiger partial charge on any atom is -0.324 e. The topological polar surface area (TPSA) is 40.0 Å². The van der Waals surface area contributed by atoms with Crippen LogP contribution in [0.2, 0.25) is 5.02 Å². The predicted molar refractivity (Wildman–Crippen MR) is 92.9 cm³/mol. The van der Waals surface area contributed by atoms with Gasteiger partial charge in [-0.2, -0.15) is 5.10 Å². The molecule has 0 amide bonds. The average molecular weight is 313 g/mol. The Kier molecular flexibility index (Phi) is 4.11. The zero-order chi connectivity index (χ0) is 15.5. The minimum atomic E-state index is 0.683. The van der Waals surface area contributed by atoms with E-state index in [4.69, 9.17) is 16.7 Å². The van der Waals surface area contributed by atoms with Gasteiger partial charge >= 0.3 is 0 Å². The van der Waals surface area contributed by atoms with Crippen LogP contribution in [0.25, 0.3) is 0 Å². The first kappa shape index (κ1) is 14.6.